The van der Waals surface area contributed by atoms with Crippen molar-refractivity contribution in [1.29, 1.82) is 0 Å². The lowest BCUT2D eigenvalue weighted by atomic mass is 10.1. The Hall–Kier alpha value is -1.57. The maximum absolute atomic E-state index is 9.96. The first-order valence-electron chi connectivity index (χ1n) is 5.75. The molecule has 4 atom stereocenters. The third-order valence-corrected chi connectivity index (χ3v) is 3.29. The third-order valence-electron chi connectivity index (χ3n) is 3.29. The zero-order valence-electron chi connectivity index (χ0n) is 10.1. The first-order chi connectivity index (χ1) is 8.59. The van der Waals surface area contributed by atoms with Crippen molar-refractivity contribution in [2.45, 2.75) is 38.4 Å². The van der Waals surface area contributed by atoms with Crippen molar-refractivity contribution in [3.8, 4) is 0 Å². The molecule has 3 rings (SSSR count). The molecule has 0 radical (unpaired) electrons. The standard InChI is InChI=1S/C11H14N4O3/c1-5-7-10(13-3-12-5)15(4-14-7)11-9(17)8(16)6(2)18-11/h3-4,6,8-9,11,16-17H,1-2H3/t6-,8+,9+,11-/m1/s1. The molecule has 18 heavy (non-hydrogen) atoms. The van der Waals surface area contributed by atoms with Crippen LogP contribution in [0.1, 0.15) is 18.8 Å². The molecule has 2 aromatic rings. The average Bonchev–Trinajstić information content (AvgIpc) is 2.88. The number of hydrogen-bond acceptors (Lipinski definition) is 6. The monoisotopic (exact) mass is 250 g/mol. The van der Waals surface area contributed by atoms with Crippen LogP contribution in [-0.4, -0.2) is 48.0 Å². The summed E-state index contributed by atoms with van der Waals surface area (Å²) in [4.78, 5) is 12.4. The van der Waals surface area contributed by atoms with E-state index in [9.17, 15) is 10.2 Å². The van der Waals surface area contributed by atoms with Crippen LogP contribution >= 0.6 is 0 Å². The van der Waals surface area contributed by atoms with Crippen LogP contribution in [0.25, 0.3) is 11.2 Å². The van der Waals surface area contributed by atoms with Gasteiger partial charge in [-0.3, -0.25) is 4.57 Å². The Labute approximate surface area is 103 Å². The second-order valence-electron chi connectivity index (χ2n) is 4.50. The first-order valence-corrected chi connectivity index (χ1v) is 5.75. The molecule has 1 aliphatic heterocycles. The molecule has 0 saturated carbocycles. The van der Waals surface area contributed by atoms with Gasteiger partial charge in [-0.2, -0.15) is 0 Å². The number of fused-ring (bicyclic) bond motifs is 1. The molecule has 1 saturated heterocycles. The van der Waals surface area contributed by atoms with Gasteiger partial charge in [0.2, 0.25) is 0 Å². The summed E-state index contributed by atoms with van der Waals surface area (Å²) >= 11 is 0. The van der Waals surface area contributed by atoms with Crippen molar-refractivity contribution in [2.75, 3.05) is 0 Å². The van der Waals surface area contributed by atoms with Crippen molar-refractivity contribution in [3.05, 3.63) is 18.3 Å². The molecule has 0 bridgehead atoms. The summed E-state index contributed by atoms with van der Waals surface area (Å²) in [6, 6.07) is 0. The molecule has 7 heteroatoms. The van der Waals surface area contributed by atoms with E-state index < -0.39 is 24.5 Å². The van der Waals surface area contributed by atoms with Crippen LogP contribution in [-0.2, 0) is 4.74 Å². The predicted molar refractivity (Wildman–Crippen MR) is 61.7 cm³/mol. The van der Waals surface area contributed by atoms with Gasteiger partial charge in [-0.05, 0) is 13.8 Å². The van der Waals surface area contributed by atoms with Crippen LogP contribution in [0.5, 0.6) is 0 Å². The summed E-state index contributed by atoms with van der Waals surface area (Å²) in [7, 11) is 0. The van der Waals surface area contributed by atoms with E-state index in [2.05, 4.69) is 15.0 Å². The Kier molecular flexibility index (Phi) is 2.54. The Bertz CT molecular complexity index is 585. The van der Waals surface area contributed by atoms with E-state index in [1.54, 1.807) is 17.8 Å². The minimum Gasteiger partial charge on any atom is -0.388 e. The molecule has 2 N–H and O–H groups in total. The van der Waals surface area contributed by atoms with Crippen LogP contribution in [0, 0.1) is 6.92 Å². The fraction of sp³-hybridized carbons (Fsp3) is 0.545. The summed E-state index contributed by atoms with van der Waals surface area (Å²) in [5.41, 5.74) is 2.02. The molecule has 0 aliphatic carbocycles. The molecular weight excluding hydrogens is 236 g/mol. The summed E-state index contributed by atoms with van der Waals surface area (Å²) in [5, 5.41) is 19.7. The lowest BCUT2D eigenvalue weighted by Crippen LogP contribution is -2.30. The number of hydrogen-bond donors (Lipinski definition) is 2. The van der Waals surface area contributed by atoms with E-state index >= 15 is 0 Å². The van der Waals surface area contributed by atoms with E-state index in [1.165, 1.54) is 6.33 Å². The van der Waals surface area contributed by atoms with Crippen LogP contribution in [0.3, 0.4) is 0 Å². The second kappa shape index (κ2) is 3.98. The zero-order chi connectivity index (χ0) is 12.9. The van der Waals surface area contributed by atoms with Gasteiger partial charge < -0.3 is 14.9 Å². The van der Waals surface area contributed by atoms with Gasteiger partial charge in [0.25, 0.3) is 0 Å². The lowest BCUT2D eigenvalue weighted by molar-refractivity contribution is -0.0299. The van der Waals surface area contributed by atoms with Gasteiger partial charge in [-0.1, -0.05) is 0 Å². The predicted octanol–water partition coefficient (Wildman–Crippen LogP) is -0.226. The van der Waals surface area contributed by atoms with Gasteiger partial charge in [-0.15, -0.1) is 0 Å². The molecule has 96 valence electrons. The molecule has 1 aliphatic rings. The SMILES string of the molecule is Cc1ncnc2c1ncn2[C@@H]1O[C@H](C)[C@H](O)[C@@H]1O. The van der Waals surface area contributed by atoms with Gasteiger partial charge in [0.05, 0.1) is 18.1 Å². The molecule has 0 spiro atoms. The van der Waals surface area contributed by atoms with Crippen LogP contribution < -0.4 is 0 Å². The Balaban J connectivity index is 2.08. The summed E-state index contributed by atoms with van der Waals surface area (Å²) in [5.74, 6) is 0. The summed E-state index contributed by atoms with van der Waals surface area (Å²) in [6.45, 7) is 3.55. The fourth-order valence-corrected chi connectivity index (χ4v) is 2.21. The summed E-state index contributed by atoms with van der Waals surface area (Å²) < 4.78 is 7.17. The van der Waals surface area contributed by atoms with Crippen molar-refractivity contribution in [3.63, 3.8) is 0 Å². The molecule has 0 amide bonds. The Morgan fingerprint density at radius 1 is 1.22 bits per heavy atom. The van der Waals surface area contributed by atoms with Gasteiger partial charge in [0.15, 0.2) is 11.9 Å². The third kappa shape index (κ3) is 1.52. The minimum absolute atomic E-state index is 0.426. The van der Waals surface area contributed by atoms with Gasteiger partial charge in [0, 0.05) is 0 Å². The van der Waals surface area contributed by atoms with E-state index in [0.717, 1.165) is 5.69 Å². The summed E-state index contributed by atoms with van der Waals surface area (Å²) in [6.07, 6.45) is -0.00934. The number of nitrogens with zero attached hydrogens (tertiary/aromatic N) is 4. The smallest absolute Gasteiger partial charge is 0.165 e. The molecule has 2 aromatic heterocycles. The topological polar surface area (TPSA) is 93.3 Å². The zero-order valence-corrected chi connectivity index (χ0v) is 10.1. The number of aryl methyl sites for hydroxylation is 1. The molecular formula is C11H14N4O3. The number of aromatic nitrogens is 4. The van der Waals surface area contributed by atoms with Crippen LogP contribution in [0.2, 0.25) is 0 Å². The maximum atomic E-state index is 9.96. The minimum atomic E-state index is -0.993. The van der Waals surface area contributed by atoms with E-state index in [-0.39, 0.29) is 0 Å². The van der Waals surface area contributed by atoms with Crippen molar-refractivity contribution >= 4 is 11.2 Å². The Morgan fingerprint density at radius 3 is 2.67 bits per heavy atom. The number of ether oxygens (including phenoxy) is 1. The first kappa shape index (κ1) is 11.5. The van der Waals surface area contributed by atoms with Crippen LogP contribution in [0.4, 0.5) is 0 Å². The molecule has 7 nitrogen and oxygen atoms in total. The van der Waals surface area contributed by atoms with Crippen molar-refractivity contribution in [2.24, 2.45) is 0 Å². The van der Waals surface area contributed by atoms with E-state index in [4.69, 9.17) is 4.74 Å². The molecule has 0 unspecified atom stereocenters. The van der Waals surface area contributed by atoms with Crippen molar-refractivity contribution in [1.82, 2.24) is 19.5 Å². The van der Waals surface area contributed by atoms with Crippen molar-refractivity contribution < 1.29 is 14.9 Å². The van der Waals surface area contributed by atoms with Crippen LogP contribution in [0.15, 0.2) is 12.7 Å². The maximum Gasteiger partial charge on any atom is 0.165 e. The highest BCUT2D eigenvalue weighted by Crippen LogP contribution is 2.31. The number of aliphatic hydroxyl groups is 2. The number of rotatable bonds is 1. The largest absolute Gasteiger partial charge is 0.388 e. The second-order valence-corrected chi connectivity index (χ2v) is 4.50. The van der Waals surface area contributed by atoms with E-state index in [0.29, 0.717) is 11.2 Å². The number of imidazole rings is 1. The highest BCUT2D eigenvalue weighted by molar-refractivity contribution is 5.72. The number of aliphatic hydroxyl groups excluding tert-OH is 2. The van der Waals surface area contributed by atoms with Gasteiger partial charge >= 0.3 is 0 Å². The average molecular weight is 250 g/mol. The highest BCUT2D eigenvalue weighted by atomic mass is 16.6. The Morgan fingerprint density at radius 2 is 2.00 bits per heavy atom. The lowest BCUT2D eigenvalue weighted by Gasteiger charge is -2.16. The normalized spacial score (nSPS) is 32.2. The molecule has 0 aromatic carbocycles. The van der Waals surface area contributed by atoms with E-state index in [1.807, 2.05) is 6.92 Å². The fourth-order valence-electron chi connectivity index (χ4n) is 2.21. The van der Waals surface area contributed by atoms with Gasteiger partial charge in [0.1, 0.15) is 24.1 Å². The molecule has 3 heterocycles. The quantitative estimate of drug-likeness (QED) is 0.726. The van der Waals surface area contributed by atoms with Gasteiger partial charge in [-0.25, -0.2) is 15.0 Å². The highest BCUT2D eigenvalue weighted by Gasteiger charge is 2.41. The molecule has 1 fully saturated rings.